The van der Waals surface area contributed by atoms with Crippen LogP contribution in [0.3, 0.4) is 0 Å². The van der Waals surface area contributed by atoms with Gasteiger partial charge in [-0.3, -0.25) is 0 Å². The van der Waals surface area contributed by atoms with Gasteiger partial charge in [-0.15, -0.1) is 0 Å². The minimum Gasteiger partial charge on any atom is -0.496 e. The van der Waals surface area contributed by atoms with Crippen LogP contribution in [0.15, 0.2) is 39.3 Å². The molecule has 106 valence electrons. The van der Waals surface area contributed by atoms with E-state index in [1.807, 2.05) is 31.2 Å². The summed E-state index contributed by atoms with van der Waals surface area (Å²) >= 11 is 17.0. The van der Waals surface area contributed by atoms with E-state index in [4.69, 9.17) is 16.3 Å². The van der Waals surface area contributed by atoms with E-state index < -0.39 is 0 Å². The molecule has 2 aromatic rings. The zero-order valence-corrected chi connectivity index (χ0v) is 16.4. The van der Waals surface area contributed by atoms with Crippen molar-refractivity contribution in [2.24, 2.45) is 0 Å². The van der Waals surface area contributed by atoms with E-state index in [2.05, 4.69) is 53.9 Å². The highest BCUT2D eigenvalue weighted by molar-refractivity contribution is 9.11. The lowest BCUT2D eigenvalue weighted by Crippen LogP contribution is -1.99. The molecule has 0 spiro atoms. The van der Waals surface area contributed by atoms with E-state index in [-0.39, 0.29) is 4.83 Å². The van der Waals surface area contributed by atoms with Crippen LogP contribution in [0.2, 0.25) is 5.02 Å². The van der Waals surface area contributed by atoms with Crippen LogP contribution >= 0.6 is 59.4 Å². The highest BCUT2D eigenvalue weighted by Gasteiger charge is 2.19. The summed E-state index contributed by atoms with van der Waals surface area (Å²) in [5.74, 6) is 0.847. The molecule has 1 atom stereocenters. The van der Waals surface area contributed by atoms with Gasteiger partial charge in [-0.2, -0.15) is 0 Å². The predicted octanol–water partition coefficient (Wildman–Crippen LogP) is 6.67. The normalized spacial score (nSPS) is 12.3. The molecule has 0 saturated carbocycles. The minimum absolute atomic E-state index is 0.0116. The molecule has 0 aliphatic heterocycles. The molecule has 0 saturated heterocycles. The summed E-state index contributed by atoms with van der Waals surface area (Å²) in [6.45, 7) is 2.04. The van der Waals surface area contributed by atoms with Gasteiger partial charge in [0.2, 0.25) is 0 Å². The molecule has 0 amide bonds. The molecule has 1 nitrogen and oxygen atoms in total. The van der Waals surface area contributed by atoms with Crippen molar-refractivity contribution >= 4 is 59.4 Å². The van der Waals surface area contributed by atoms with Crippen molar-refractivity contribution in [2.75, 3.05) is 7.11 Å². The summed E-state index contributed by atoms with van der Waals surface area (Å²) in [4.78, 5) is -0.0116. The predicted molar refractivity (Wildman–Crippen MR) is 95.4 cm³/mol. The molecule has 0 fully saturated rings. The Balaban J connectivity index is 2.55. The Hall–Kier alpha value is -0.0300. The number of rotatable bonds is 3. The lowest BCUT2D eigenvalue weighted by molar-refractivity contribution is 0.410. The molecule has 0 aliphatic carbocycles. The smallest absolute Gasteiger partial charge is 0.123 e. The zero-order chi connectivity index (χ0) is 14.9. The Labute approximate surface area is 149 Å². The maximum atomic E-state index is 6.10. The fourth-order valence-corrected chi connectivity index (χ4v) is 3.98. The van der Waals surface area contributed by atoms with Gasteiger partial charge in [-0.05, 0) is 48.4 Å². The topological polar surface area (TPSA) is 9.23 Å². The van der Waals surface area contributed by atoms with E-state index in [9.17, 15) is 0 Å². The molecule has 1 unspecified atom stereocenters. The third kappa shape index (κ3) is 3.41. The van der Waals surface area contributed by atoms with Crippen LogP contribution in [0.1, 0.15) is 21.5 Å². The second-order valence-corrected chi connectivity index (χ2v) is 7.43. The third-order valence-corrected chi connectivity index (χ3v) is 5.81. The van der Waals surface area contributed by atoms with Gasteiger partial charge in [-0.25, -0.2) is 0 Å². The van der Waals surface area contributed by atoms with Gasteiger partial charge >= 0.3 is 0 Å². The lowest BCUT2D eigenvalue weighted by atomic mass is 10.0. The molecule has 20 heavy (non-hydrogen) atoms. The number of methoxy groups -OCH3 is 1. The average Bonchev–Trinajstić information content (AvgIpc) is 2.43. The van der Waals surface area contributed by atoms with E-state index >= 15 is 0 Å². The first-order chi connectivity index (χ1) is 9.43. The van der Waals surface area contributed by atoms with Crippen LogP contribution in [-0.4, -0.2) is 7.11 Å². The highest BCUT2D eigenvalue weighted by atomic mass is 79.9. The van der Waals surface area contributed by atoms with Gasteiger partial charge in [0.05, 0.1) is 11.9 Å². The molecule has 0 N–H and O–H groups in total. The van der Waals surface area contributed by atoms with Crippen molar-refractivity contribution in [3.8, 4) is 5.75 Å². The Morgan fingerprint density at radius 3 is 2.40 bits per heavy atom. The van der Waals surface area contributed by atoms with Crippen molar-refractivity contribution in [1.82, 2.24) is 0 Å². The van der Waals surface area contributed by atoms with E-state index in [1.165, 1.54) is 0 Å². The van der Waals surface area contributed by atoms with Gasteiger partial charge in [0, 0.05) is 19.5 Å². The quantitative estimate of drug-likeness (QED) is 0.444. The van der Waals surface area contributed by atoms with Crippen molar-refractivity contribution in [1.29, 1.82) is 0 Å². The zero-order valence-electron chi connectivity index (χ0n) is 10.9. The summed E-state index contributed by atoms with van der Waals surface area (Å²) < 4.78 is 7.55. The lowest BCUT2D eigenvalue weighted by Gasteiger charge is -2.18. The van der Waals surface area contributed by atoms with E-state index in [0.717, 1.165) is 31.4 Å². The molecule has 2 aromatic carbocycles. The number of aryl methyl sites for hydroxylation is 1. The summed E-state index contributed by atoms with van der Waals surface area (Å²) in [5.41, 5.74) is 3.25. The number of hydrogen-bond acceptors (Lipinski definition) is 1. The Morgan fingerprint density at radius 2 is 1.75 bits per heavy atom. The molecule has 0 aliphatic rings. The number of alkyl halides is 1. The third-order valence-electron chi connectivity index (χ3n) is 3.02. The van der Waals surface area contributed by atoms with Crippen molar-refractivity contribution in [3.63, 3.8) is 0 Å². The van der Waals surface area contributed by atoms with Crippen LogP contribution in [0.4, 0.5) is 0 Å². The van der Waals surface area contributed by atoms with Crippen molar-refractivity contribution in [2.45, 2.75) is 11.8 Å². The van der Waals surface area contributed by atoms with Crippen molar-refractivity contribution in [3.05, 3.63) is 61.0 Å². The van der Waals surface area contributed by atoms with E-state index in [0.29, 0.717) is 5.02 Å². The number of hydrogen-bond donors (Lipinski definition) is 0. The molecule has 0 bridgehead atoms. The fourth-order valence-electron chi connectivity index (χ4n) is 1.92. The highest BCUT2D eigenvalue weighted by Crippen LogP contribution is 2.42. The molecular weight excluding hydrogens is 471 g/mol. The molecule has 0 radical (unpaired) electrons. The Bertz CT molecular complexity index is 643. The first kappa shape index (κ1) is 16.3. The Kier molecular flexibility index (Phi) is 5.57. The van der Waals surface area contributed by atoms with Crippen molar-refractivity contribution < 1.29 is 4.74 Å². The van der Waals surface area contributed by atoms with Gasteiger partial charge in [0.15, 0.2) is 0 Å². The monoisotopic (exact) mass is 480 g/mol. The minimum atomic E-state index is -0.0116. The fraction of sp³-hybridized carbons (Fsp3) is 0.200. The summed E-state index contributed by atoms with van der Waals surface area (Å²) in [5, 5.41) is 0.706. The number of halogens is 4. The Morgan fingerprint density at radius 1 is 1.05 bits per heavy atom. The molecular formula is C15H12Br3ClO. The first-order valence-electron chi connectivity index (χ1n) is 5.87. The summed E-state index contributed by atoms with van der Waals surface area (Å²) in [6, 6.07) is 9.84. The average molecular weight is 483 g/mol. The largest absolute Gasteiger partial charge is 0.496 e. The summed E-state index contributed by atoms with van der Waals surface area (Å²) in [7, 11) is 1.68. The standard InChI is InChI=1S/C15H12Br3ClO/c1-8-5-14(20-2)11(7-13(8)17)15(18)10-6-9(19)3-4-12(10)16/h3-7,15H,1-2H3. The van der Waals surface area contributed by atoms with Crippen LogP contribution in [0.25, 0.3) is 0 Å². The maximum Gasteiger partial charge on any atom is 0.123 e. The van der Waals surface area contributed by atoms with Crippen LogP contribution in [-0.2, 0) is 0 Å². The van der Waals surface area contributed by atoms with Gasteiger partial charge in [-0.1, -0.05) is 59.4 Å². The van der Waals surface area contributed by atoms with Gasteiger partial charge in [0.1, 0.15) is 5.75 Å². The number of ether oxygens (including phenoxy) is 1. The van der Waals surface area contributed by atoms with E-state index in [1.54, 1.807) is 7.11 Å². The van der Waals surface area contributed by atoms with Crippen LogP contribution in [0.5, 0.6) is 5.75 Å². The molecule has 2 rings (SSSR count). The molecule has 0 aromatic heterocycles. The second-order valence-electron chi connectivity index (χ2n) is 4.37. The molecule has 0 heterocycles. The number of benzene rings is 2. The first-order valence-corrected chi connectivity index (χ1v) is 8.75. The molecule has 5 heteroatoms. The SMILES string of the molecule is COc1cc(C)c(Br)cc1C(Br)c1cc(Cl)ccc1Br. The maximum absolute atomic E-state index is 6.10. The van der Waals surface area contributed by atoms with Gasteiger partial charge < -0.3 is 4.74 Å². The van der Waals surface area contributed by atoms with Crippen LogP contribution in [0, 0.1) is 6.92 Å². The summed E-state index contributed by atoms with van der Waals surface area (Å²) in [6.07, 6.45) is 0. The second kappa shape index (κ2) is 6.82. The van der Waals surface area contributed by atoms with Crippen LogP contribution < -0.4 is 4.74 Å². The van der Waals surface area contributed by atoms with Gasteiger partial charge in [0.25, 0.3) is 0 Å².